The average molecular weight is 477 g/mol. The number of nitrogens with one attached hydrogen (secondary N) is 2. The third-order valence-corrected chi connectivity index (χ3v) is 5.88. The van der Waals surface area contributed by atoms with Crippen molar-refractivity contribution in [1.29, 1.82) is 0 Å². The number of aryl methyl sites for hydroxylation is 1. The Bertz CT molecular complexity index is 1260. The summed E-state index contributed by atoms with van der Waals surface area (Å²) in [7, 11) is -4.00. The molecule has 3 aromatic rings. The van der Waals surface area contributed by atoms with Crippen LogP contribution in [0, 0.1) is 12.7 Å². The normalized spacial score (nSPS) is 11.0. The first kappa shape index (κ1) is 23.2. The second-order valence-electron chi connectivity index (χ2n) is 6.71. The van der Waals surface area contributed by atoms with Crippen LogP contribution < -0.4 is 10.0 Å². The van der Waals surface area contributed by atoms with Crippen molar-refractivity contribution >= 4 is 44.9 Å². The van der Waals surface area contributed by atoms with E-state index in [-0.39, 0.29) is 21.8 Å². The average Bonchev–Trinajstić information content (AvgIpc) is 2.74. The Hall–Kier alpha value is -3.43. The number of rotatable bonds is 7. The zero-order chi connectivity index (χ0) is 23.3. The zero-order valence-electron chi connectivity index (χ0n) is 16.8. The summed E-state index contributed by atoms with van der Waals surface area (Å²) in [5.74, 6) is -2.30. The summed E-state index contributed by atoms with van der Waals surface area (Å²) >= 11 is 5.79. The summed E-state index contributed by atoms with van der Waals surface area (Å²) in [6.07, 6.45) is 0. The van der Waals surface area contributed by atoms with Crippen LogP contribution in [0.2, 0.25) is 5.02 Å². The van der Waals surface area contributed by atoms with E-state index in [0.29, 0.717) is 10.6 Å². The monoisotopic (exact) mass is 476 g/mol. The Labute approximate surface area is 189 Å². The maximum atomic E-state index is 13.9. The highest BCUT2D eigenvalue weighted by atomic mass is 35.5. The van der Waals surface area contributed by atoms with Crippen molar-refractivity contribution in [3.05, 3.63) is 88.7 Å². The van der Waals surface area contributed by atoms with E-state index in [2.05, 4.69) is 10.0 Å². The molecule has 1 amide bonds. The molecule has 0 radical (unpaired) electrons. The number of carbonyl (C=O) groups is 2. The van der Waals surface area contributed by atoms with Crippen LogP contribution in [0.4, 0.5) is 15.8 Å². The number of esters is 1. The number of para-hydroxylation sites is 1. The number of ether oxygens (including phenoxy) is 1. The quantitative estimate of drug-likeness (QED) is 0.493. The van der Waals surface area contributed by atoms with Gasteiger partial charge in [-0.05, 0) is 61.0 Å². The van der Waals surface area contributed by atoms with Gasteiger partial charge in [0.25, 0.3) is 15.9 Å². The topological polar surface area (TPSA) is 102 Å². The molecule has 0 aromatic heterocycles. The van der Waals surface area contributed by atoms with Crippen molar-refractivity contribution < 1.29 is 27.1 Å². The van der Waals surface area contributed by atoms with Gasteiger partial charge < -0.3 is 10.1 Å². The van der Waals surface area contributed by atoms with Gasteiger partial charge in [0.15, 0.2) is 6.61 Å². The van der Waals surface area contributed by atoms with Gasteiger partial charge in [-0.15, -0.1) is 0 Å². The number of hydrogen-bond acceptors (Lipinski definition) is 5. The molecule has 2 N–H and O–H groups in total. The van der Waals surface area contributed by atoms with Crippen molar-refractivity contribution in [3.8, 4) is 0 Å². The SMILES string of the molecule is Cc1ccc(NC(=O)COC(=O)c2ccccc2NS(=O)(=O)c2ccc(Cl)cc2)c(F)c1. The molecule has 3 aromatic carbocycles. The molecule has 0 aliphatic carbocycles. The molecule has 0 heterocycles. The van der Waals surface area contributed by atoms with E-state index < -0.39 is 34.3 Å². The first-order valence-electron chi connectivity index (χ1n) is 9.26. The summed E-state index contributed by atoms with van der Waals surface area (Å²) in [5, 5.41) is 2.68. The van der Waals surface area contributed by atoms with E-state index >= 15 is 0 Å². The molecule has 0 atom stereocenters. The Balaban J connectivity index is 1.68. The summed E-state index contributed by atoms with van der Waals surface area (Å²) in [5.41, 5.74) is 0.508. The van der Waals surface area contributed by atoms with Gasteiger partial charge in [0, 0.05) is 5.02 Å². The molecule has 0 aliphatic rings. The summed E-state index contributed by atoms with van der Waals surface area (Å²) in [6, 6.07) is 15.5. The molecule has 0 fully saturated rings. The summed E-state index contributed by atoms with van der Waals surface area (Å²) < 4.78 is 46.4. The van der Waals surface area contributed by atoms with Crippen molar-refractivity contribution in [1.82, 2.24) is 0 Å². The first-order chi connectivity index (χ1) is 15.2. The fourth-order valence-corrected chi connectivity index (χ4v) is 3.89. The second-order valence-corrected chi connectivity index (χ2v) is 8.83. The highest BCUT2D eigenvalue weighted by molar-refractivity contribution is 7.92. The van der Waals surface area contributed by atoms with Crippen molar-refractivity contribution in [3.63, 3.8) is 0 Å². The number of benzene rings is 3. The van der Waals surface area contributed by atoms with E-state index in [0.717, 1.165) is 0 Å². The molecule has 32 heavy (non-hydrogen) atoms. The number of sulfonamides is 1. The second kappa shape index (κ2) is 9.80. The molecule has 3 rings (SSSR count). The lowest BCUT2D eigenvalue weighted by molar-refractivity contribution is -0.119. The van der Waals surface area contributed by atoms with Crippen LogP contribution in [0.15, 0.2) is 71.6 Å². The summed E-state index contributed by atoms with van der Waals surface area (Å²) in [4.78, 5) is 24.5. The molecule has 7 nitrogen and oxygen atoms in total. The Kier molecular flexibility index (Phi) is 7.12. The molecule has 0 spiro atoms. The highest BCUT2D eigenvalue weighted by Crippen LogP contribution is 2.22. The van der Waals surface area contributed by atoms with Crippen LogP contribution >= 0.6 is 11.6 Å². The van der Waals surface area contributed by atoms with Crippen LogP contribution in [0.3, 0.4) is 0 Å². The lowest BCUT2D eigenvalue weighted by Crippen LogP contribution is -2.22. The number of carbonyl (C=O) groups excluding carboxylic acids is 2. The number of anilines is 2. The maximum Gasteiger partial charge on any atom is 0.340 e. The van der Waals surface area contributed by atoms with Gasteiger partial charge >= 0.3 is 5.97 Å². The molecule has 166 valence electrons. The zero-order valence-corrected chi connectivity index (χ0v) is 18.3. The number of hydrogen-bond donors (Lipinski definition) is 2. The van der Waals surface area contributed by atoms with E-state index in [1.54, 1.807) is 13.0 Å². The molecule has 0 unspecified atom stereocenters. The molecule has 10 heteroatoms. The highest BCUT2D eigenvalue weighted by Gasteiger charge is 2.20. The predicted octanol–water partition coefficient (Wildman–Crippen LogP) is 4.38. The fraction of sp³-hybridized carbons (Fsp3) is 0.0909. The lowest BCUT2D eigenvalue weighted by Gasteiger charge is -2.13. The van der Waals surface area contributed by atoms with E-state index in [4.69, 9.17) is 16.3 Å². The van der Waals surface area contributed by atoms with Crippen molar-refractivity contribution in [2.45, 2.75) is 11.8 Å². The summed E-state index contributed by atoms with van der Waals surface area (Å²) in [6.45, 7) is 1.01. The van der Waals surface area contributed by atoms with Crippen LogP contribution in [0.5, 0.6) is 0 Å². The van der Waals surface area contributed by atoms with E-state index in [1.807, 2.05) is 0 Å². The van der Waals surface area contributed by atoms with Crippen molar-refractivity contribution in [2.75, 3.05) is 16.6 Å². The Morgan fingerprint density at radius 1 is 1.00 bits per heavy atom. The minimum absolute atomic E-state index is 0.0302. The van der Waals surface area contributed by atoms with Gasteiger partial charge in [-0.1, -0.05) is 29.8 Å². The van der Waals surface area contributed by atoms with E-state index in [1.165, 1.54) is 60.7 Å². The Morgan fingerprint density at radius 2 is 1.69 bits per heavy atom. The largest absolute Gasteiger partial charge is 0.452 e. The smallest absolute Gasteiger partial charge is 0.340 e. The lowest BCUT2D eigenvalue weighted by atomic mass is 10.2. The molecule has 0 saturated heterocycles. The molecular formula is C22H18ClFN2O5S. The van der Waals surface area contributed by atoms with Crippen LogP contribution in [-0.4, -0.2) is 26.9 Å². The van der Waals surface area contributed by atoms with Crippen LogP contribution in [0.25, 0.3) is 0 Å². The van der Waals surface area contributed by atoms with Gasteiger partial charge in [-0.25, -0.2) is 17.6 Å². The standard InChI is InChI=1S/C22H18ClFN2O5S/c1-14-6-11-20(18(24)12-14)25-21(27)13-31-22(28)17-4-2-3-5-19(17)26-32(29,30)16-9-7-15(23)8-10-16/h2-12,26H,13H2,1H3,(H,25,27). The Morgan fingerprint density at radius 3 is 2.38 bits per heavy atom. The third kappa shape index (κ3) is 5.83. The van der Waals surface area contributed by atoms with Crippen LogP contribution in [0.1, 0.15) is 15.9 Å². The van der Waals surface area contributed by atoms with E-state index in [9.17, 15) is 22.4 Å². The fourth-order valence-electron chi connectivity index (χ4n) is 2.68. The van der Waals surface area contributed by atoms with Crippen molar-refractivity contribution in [2.24, 2.45) is 0 Å². The number of halogens is 2. The van der Waals surface area contributed by atoms with Crippen LogP contribution in [-0.2, 0) is 19.6 Å². The van der Waals surface area contributed by atoms with Gasteiger partial charge in [0.05, 0.1) is 21.8 Å². The molecule has 0 aliphatic heterocycles. The minimum Gasteiger partial charge on any atom is -0.452 e. The number of amides is 1. The molecular weight excluding hydrogens is 459 g/mol. The molecule has 0 saturated carbocycles. The predicted molar refractivity (Wildman–Crippen MR) is 119 cm³/mol. The maximum absolute atomic E-state index is 13.9. The van der Waals surface area contributed by atoms with Gasteiger partial charge in [-0.3, -0.25) is 9.52 Å². The van der Waals surface area contributed by atoms with Gasteiger partial charge in [0.1, 0.15) is 5.82 Å². The van der Waals surface area contributed by atoms with Gasteiger partial charge in [0.2, 0.25) is 0 Å². The van der Waals surface area contributed by atoms with Gasteiger partial charge in [-0.2, -0.15) is 0 Å². The molecule has 0 bridgehead atoms. The minimum atomic E-state index is -4.00. The third-order valence-electron chi connectivity index (χ3n) is 4.25. The first-order valence-corrected chi connectivity index (χ1v) is 11.1.